The van der Waals surface area contributed by atoms with Crippen molar-refractivity contribution in [1.29, 1.82) is 0 Å². The highest BCUT2D eigenvalue weighted by atomic mass is 35.5. The lowest BCUT2D eigenvalue weighted by Crippen LogP contribution is -2.14. The van der Waals surface area contributed by atoms with Crippen LogP contribution in [0.2, 0.25) is 5.02 Å². The first kappa shape index (κ1) is 19.4. The van der Waals surface area contributed by atoms with Gasteiger partial charge in [-0.25, -0.2) is 4.68 Å². The number of nitro groups is 1. The van der Waals surface area contributed by atoms with Gasteiger partial charge in [-0.1, -0.05) is 17.7 Å². The molecule has 0 aliphatic heterocycles. The van der Waals surface area contributed by atoms with Gasteiger partial charge in [-0.15, -0.1) is 0 Å². The van der Waals surface area contributed by atoms with Gasteiger partial charge in [0.25, 0.3) is 11.6 Å². The smallest absolute Gasteiger partial charge is 0.321 e. The molecule has 0 aliphatic rings. The van der Waals surface area contributed by atoms with E-state index in [1.807, 2.05) is 0 Å². The van der Waals surface area contributed by atoms with Gasteiger partial charge in [-0.2, -0.15) is 18.3 Å². The fourth-order valence-electron chi connectivity index (χ4n) is 2.35. The second-order valence-electron chi connectivity index (χ2n) is 5.57. The molecule has 1 N–H and O–H groups in total. The van der Waals surface area contributed by atoms with E-state index in [-0.39, 0.29) is 17.1 Å². The third-order valence-electron chi connectivity index (χ3n) is 3.66. The van der Waals surface area contributed by atoms with Crippen molar-refractivity contribution in [1.82, 2.24) is 9.78 Å². The second kappa shape index (κ2) is 7.31. The minimum Gasteiger partial charge on any atom is -0.321 e. The van der Waals surface area contributed by atoms with Crippen LogP contribution in [0.15, 0.2) is 54.7 Å². The highest BCUT2D eigenvalue weighted by molar-refractivity contribution is 6.31. The van der Waals surface area contributed by atoms with Crippen molar-refractivity contribution in [3.63, 3.8) is 0 Å². The Kier molecular flexibility index (Phi) is 5.06. The van der Waals surface area contributed by atoms with Gasteiger partial charge in [-0.05, 0) is 30.3 Å². The first-order valence-corrected chi connectivity index (χ1v) is 8.01. The highest BCUT2D eigenvalue weighted by Crippen LogP contribution is 2.36. The van der Waals surface area contributed by atoms with E-state index in [9.17, 15) is 28.1 Å². The summed E-state index contributed by atoms with van der Waals surface area (Å²) < 4.78 is 40.0. The van der Waals surface area contributed by atoms with Crippen molar-refractivity contribution in [3.05, 3.63) is 81.1 Å². The van der Waals surface area contributed by atoms with Crippen LogP contribution in [0.4, 0.5) is 24.5 Å². The van der Waals surface area contributed by atoms with Gasteiger partial charge >= 0.3 is 6.18 Å². The molecular weight excluding hydrogens is 401 g/mol. The molecule has 11 heteroatoms. The number of nitrogens with zero attached hydrogens (tertiary/aromatic N) is 3. The quantitative estimate of drug-likeness (QED) is 0.498. The first-order valence-electron chi connectivity index (χ1n) is 7.64. The summed E-state index contributed by atoms with van der Waals surface area (Å²) in [4.78, 5) is 22.5. The molecule has 0 bridgehead atoms. The summed E-state index contributed by atoms with van der Waals surface area (Å²) in [5.41, 5.74) is -1.07. The number of non-ortho nitro benzene ring substituents is 1. The number of alkyl halides is 3. The number of rotatable bonds is 4. The Balaban J connectivity index is 1.82. The van der Waals surface area contributed by atoms with E-state index >= 15 is 0 Å². The van der Waals surface area contributed by atoms with E-state index in [0.717, 1.165) is 12.1 Å². The minimum absolute atomic E-state index is 0.0879. The molecule has 0 saturated heterocycles. The van der Waals surface area contributed by atoms with Gasteiger partial charge in [0.05, 0.1) is 21.2 Å². The number of benzene rings is 2. The molecular formula is C17H10ClF3N4O3. The van der Waals surface area contributed by atoms with Crippen molar-refractivity contribution in [2.45, 2.75) is 6.18 Å². The van der Waals surface area contributed by atoms with Crippen LogP contribution >= 0.6 is 11.6 Å². The lowest BCUT2D eigenvalue weighted by atomic mass is 10.2. The van der Waals surface area contributed by atoms with Gasteiger partial charge < -0.3 is 5.32 Å². The number of carbonyl (C=O) groups is 1. The largest absolute Gasteiger partial charge is 0.417 e. The molecule has 7 nitrogen and oxygen atoms in total. The zero-order valence-corrected chi connectivity index (χ0v) is 14.5. The average molecular weight is 411 g/mol. The standard InChI is InChI=1S/C17H10ClF3N4O3/c18-14-5-4-10(8-13(14)17(19,20)21)22-16(26)15-6-7-24(23-15)11-2-1-3-12(9-11)25(27)28/h1-9H,(H,22,26). The Morgan fingerprint density at radius 1 is 1.18 bits per heavy atom. The van der Waals surface area contributed by atoms with Gasteiger partial charge in [0, 0.05) is 24.0 Å². The summed E-state index contributed by atoms with van der Waals surface area (Å²) in [7, 11) is 0. The van der Waals surface area contributed by atoms with Gasteiger partial charge in [0.15, 0.2) is 5.69 Å². The zero-order valence-electron chi connectivity index (χ0n) is 13.8. The molecule has 0 aliphatic carbocycles. The van der Waals surface area contributed by atoms with Crippen molar-refractivity contribution >= 4 is 28.9 Å². The maximum atomic E-state index is 12.9. The summed E-state index contributed by atoms with van der Waals surface area (Å²) in [5.74, 6) is -0.750. The van der Waals surface area contributed by atoms with Crippen LogP contribution in [0.3, 0.4) is 0 Å². The molecule has 0 saturated carbocycles. The summed E-state index contributed by atoms with van der Waals surface area (Å²) in [6, 6.07) is 9.89. The molecule has 28 heavy (non-hydrogen) atoms. The Morgan fingerprint density at radius 3 is 2.61 bits per heavy atom. The Morgan fingerprint density at radius 2 is 1.93 bits per heavy atom. The number of amides is 1. The summed E-state index contributed by atoms with van der Waals surface area (Å²) in [6.07, 6.45) is -3.27. The summed E-state index contributed by atoms with van der Waals surface area (Å²) >= 11 is 5.54. The maximum absolute atomic E-state index is 12.9. The first-order chi connectivity index (χ1) is 13.1. The van der Waals surface area contributed by atoms with Crippen LogP contribution in [0, 0.1) is 10.1 Å². The molecule has 0 atom stereocenters. The molecule has 1 heterocycles. The molecule has 1 amide bonds. The van der Waals surface area contributed by atoms with Crippen LogP contribution in [0.1, 0.15) is 16.1 Å². The topological polar surface area (TPSA) is 90.1 Å². The predicted octanol–water partition coefficient (Wildman–Crippen LogP) is 4.71. The Hall–Kier alpha value is -3.40. The van der Waals surface area contributed by atoms with E-state index in [4.69, 9.17) is 11.6 Å². The van der Waals surface area contributed by atoms with Crippen molar-refractivity contribution in [2.24, 2.45) is 0 Å². The highest BCUT2D eigenvalue weighted by Gasteiger charge is 2.33. The van der Waals surface area contributed by atoms with E-state index in [1.165, 1.54) is 41.2 Å². The van der Waals surface area contributed by atoms with Crippen LogP contribution in [0.25, 0.3) is 5.69 Å². The third kappa shape index (κ3) is 4.12. The molecule has 0 radical (unpaired) electrons. The zero-order chi connectivity index (χ0) is 20.5. The predicted molar refractivity (Wildman–Crippen MR) is 94.6 cm³/mol. The number of halogens is 4. The lowest BCUT2D eigenvalue weighted by molar-refractivity contribution is -0.384. The molecule has 1 aromatic heterocycles. The summed E-state index contributed by atoms with van der Waals surface area (Å²) in [6.45, 7) is 0. The molecule has 3 aromatic rings. The van der Waals surface area contributed by atoms with Crippen LogP contribution < -0.4 is 5.32 Å². The van der Waals surface area contributed by atoms with E-state index in [2.05, 4.69) is 10.4 Å². The molecule has 0 spiro atoms. The third-order valence-corrected chi connectivity index (χ3v) is 3.99. The molecule has 2 aromatic carbocycles. The Labute approximate surface area is 160 Å². The van der Waals surface area contributed by atoms with Gasteiger partial charge in [-0.3, -0.25) is 14.9 Å². The van der Waals surface area contributed by atoms with Crippen LogP contribution in [-0.2, 0) is 6.18 Å². The molecule has 0 fully saturated rings. The fourth-order valence-corrected chi connectivity index (χ4v) is 2.58. The van der Waals surface area contributed by atoms with E-state index in [1.54, 1.807) is 6.07 Å². The molecule has 3 rings (SSSR count). The van der Waals surface area contributed by atoms with Gasteiger partial charge in [0.2, 0.25) is 0 Å². The summed E-state index contributed by atoms with van der Waals surface area (Å²) in [5, 5.41) is 16.7. The number of aromatic nitrogens is 2. The maximum Gasteiger partial charge on any atom is 0.417 e. The number of anilines is 1. The lowest BCUT2D eigenvalue weighted by Gasteiger charge is -2.11. The number of nitro benzene ring substituents is 1. The second-order valence-corrected chi connectivity index (χ2v) is 5.98. The van der Waals surface area contributed by atoms with Crippen molar-refractivity contribution in [2.75, 3.05) is 5.32 Å². The monoisotopic (exact) mass is 410 g/mol. The SMILES string of the molecule is O=C(Nc1ccc(Cl)c(C(F)(F)F)c1)c1ccn(-c2cccc([N+](=O)[O-])c2)n1. The number of carbonyl (C=O) groups excluding carboxylic acids is 1. The molecule has 0 unspecified atom stereocenters. The van der Waals surface area contributed by atoms with E-state index in [0.29, 0.717) is 5.69 Å². The van der Waals surface area contributed by atoms with Crippen molar-refractivity contribution in [3.8, 4) is 5.69 Å². The number of hydrogen-bond acceptors (Lipinski definition) is 4. The fraction of sp³-hybridized carbons (Fsp3) is 0.0588. The normalized spacial score (nSPS) is 11.3. The minimum atomic E-state index is -4.67. The number of hydrogen-bond donors (Lipinski definition) is 1. The Bertz CT molecular complexity index is 1070. The van der Waals surface area contributed by atoms with Gasteiger partial charge in [0.1, 0.15) is 0 Å². The number of nitrogens with one attached hydrogen (secondary N) is 1. The molecule has 144 valence electrons. The average Bonchev–Trinajstić information content (AvgIpc) is 3.13. The van der Waals surface area contributed by atoms with Crippen LogP contribution in [0.5, 0.6) is 0 Å². The van der Waals surface area contributed by atoms with E-state index < -0.39 is 27.6 Å². The van der Waals surface area contributed by atoms with Crippen LogP contribution in [-0.4, -0.2) is 20.6 Å². The van der Waals surface area contributed by atoms with Crippen molar-refractivity contribution < 1.29 is 22.9 Å².